The summed E-state index contributed by atoms with van der Waals surface area (Å²) >= 11 is 0. The molecule has 0 unspecified atom stereocenters. The summed E-state index contributed by atoms with van der Waals surface area (Å²) in [7, 11) is 0. The predicted octanol–water partition coefficient (Wildman–Crippen LogP) is 6.06. The molecule has 0 rings (SSSR count). The van der Waals surface area contributed by atoms with Gasteiger partial charge in [-0.15, -0.1) is 0 Å². The Labute approximate surface area is 104 Å². The third kappa shape index (κ3) is 10.5. The Morgan fingerprint density at radius 1 is 0.625 bits per heavy atom. The van der Waals surface area contributed by atoms with Crippen LogP contribution in [0.25, 0.3) is 0 Å². The lowest BCUT2D eigenvalue weighted by Crippen LogP contribution is -1.99. The van der Waals surface area contributed by atoms with E-state index in [4.69, 9.17) is 0 Å². The first-order chi connectivity index (χ1) is 7.56. The van der Waals surface area contributed by atoms with Gasteiger partial charge in [-0.1, -0.05) is 86.0 Å². The van der Waals surface area contributed by atoms with E-state index in [1.165, 1.54) is 51.4 Å². The average molecular weight is 226 g/mol. The molecule has 16 heavy (non-hydrogen) atoms. The maximum Gasteiger partial charge on any atom is -0.0443 e. The van der Waals surface area contributed by atoms with Crippen LogP contribution in [-0.4, -0.2) is 0 Å². The Hall–Kier alpha value is 0. The fourth-order valence-electron chi connectivity index (χ4n) is 2.47. The molecular weight excluding hydrogens is 192 g/mol. The van der Waals surface area contributed by atoms with Gasteiger partial charge in [0.15, 0.2) is 0 Å². The molecule has 0 bridgehead atoms. The van der Waals surface area contributed by atoms with E-state index < -0.39 is 0 Å². The summed E-state index contributed by atoms with van der Waals surface area (Å²) in [6.07, 6.45) is 11.4. The molecule has 0 aliphatic carbocycles. The highest BCUT2D eigenvalue weighted by atomic mass is 14.1. The first-order valence-electron chi connectivity index (χ1n) is 7.56. The van der Waals surface area contributed by atoms with E-state index in [2.05, 4.69) is 34.6 Å². The highest BCUT2D eigenvalue weighted by Crippen LogP contribution is 2.20. The molecule has 0 aliphatic rings. The van der Waals surface area contributed by atoms with Gasteiger partial charge in [0.2, 0.25) is 0 Å². The van der Waals surface area contributed by atoms with Crippen LogP contribution in [-0.2, 0) is 0 Å². The van der Waals surface area contributed by atoms with Crippen LogP contribution in [0.5, 0.6) is 0 Å². The predicted molar refractivity (Wildman–Crippen MR) is 75.8 cm³/mol. The van der Waals surface area contributed by atoms with Gasteiger partial charge in [-0.25, -0.2) is 0 Å². The van der Waals surface area contributed by atoms with Crippen molar-refractivity contribution >= 4 is 0 Å². The van der Waals surface area contributed by atoms with Crippen molar-refractivity contribution in [3.63, 3.8) is 0 Å². The quantitative estimate of drug-likeness (QED) is 0.425. The molecule has 0 aromatic rings. The van der Waals surface area contributed by atoms with Crippen molar-refractivity contribution in [1.82, 2.24) is 0 Å². The Morgan fingerprint density at radius 3 is 1.50 bits per heavy atom. The molecule has 2 atom stereocenters. The Kier molecular flexibility index (Phi) is 10.2. The van der Waals surface area contributed by atoms with Crippen LogP contribution in [0.4, 0.5) is 0 Å². The Morgan fingerprint density at radius 2 is 1.06 bits per heavy atom. The maximum absolute atomic E-state index is 2.44. The SMILES string of the molecule is CCC[C@H](C)CCC[C@H](C)CCCC(C)C. The van der Waals surface area contributed by atoms with Gasteiger partial charge in [0.1, 0.15) is 0 Å². The highest BCUT2D eigenvalue weighted by molar-refractivity contribution is 4.58. The van der Waals surface area contributed by atoms with E-state index in [0.29, 0.717) is 0 Å². The van der Waals surface area contributed by atoms with E-state index in [1.54, 1.807) is 0 Å². The molecule has 0 nitrogen and oxygen atoms in total. The lowest BCUT2D eigenvalue weighted by Gasteiger charge is -2.14. The monoisotopic (exact) mass is 226 g/mol. The lowest BCUT2D eigenvalue weighted by molar-refractivity contribution is 0.391. The second kappa shape index (κ2) is 10.2. The summed E-state index contributed by atoms with van der Waals surface area (Å²) in [5, 5.41) is 0. The van der Waals surface area contributed by atoms with Crippen LogP contribution in [0.3, 0.4) is 0 Å². The second-order valence-electron chi connectivity index (χ2n) is 6.25. The fraction of sp³-hybridized carbons (Fsp3) is 1.00. The van der Waals surface area contributed by atoms with Gasteiger partial charge in [0, 0.05) is 0 Å². The topological polar surface area (TPSA) is 0 Å². The van der Waals surface area contributed by atoms with Crippen LogP contribution < -0.4 is 0 Å². The third-order valence-electron chi connectivity index (χ3n) is 3.65. The van der Waals surface area contributed by atoms with Crippen molar-refractivity contribution in [1.29, 1.82) is 0 Å². The number of hydrogen-bond donors (Lipinski definition) is 0. The molecule has 0 aromatic heterocycles. The van der Waals surface area contributed by atoms with Gasteiger partial charge in [-0.2, -0.15) is 0 Å². The summed E-state index contributed by atoms with van der Waals surface area (Å²) in [6, 6.07) is 0. The molecule has 0 amide bonds. The lowest BCUT2D eigenvalue weighted by atomic mass is 9.92. The molecule has 98 valence electrons. The molecule has 0 saturated heterocycles. The van der Waals surface area contributed by atoms with Gasteiger partial charge in [0.25, 0.3) is 0 Å². The van der Waals surface area contributed by atoms with E-state index in [1.807, 2.05) is 0 Å². The van der Waals surface area contributed by atoms with Crippen molar-refractivity contribution in [3.8, 4) is 0 Å². The van der Waals surface area contributed by atoms with Crippen LogP contribution in [0.1, 0.15) is 86.0 Å². The smallest absolute Gasteiger partial charge is 0.0443 e. The molecule has 0 spiro atoms. The molecule has 0 heterocycles. The molecule has 0 fully saturated rings. The van der Waals surface area contributed by atoms with Crippen LogP contribution in [0.2, 0.25) is 0 Å². The molecular formula is C16H34. The third-order valence-corrected chi connectivity index (χ3v) is 3.65. The van der Waals surface area contributed by atoms with Crippen molar-refractivity contribution in [2.24, 2.45) is 17.8 Å². The summed E-state index contributed by atoms with van der Waals surface area (Å²) < 4.78 is 0. The van der Waals surface area contributed by atoms with Crippen molar-refractivity contribution in [2.75, 3.05) is 0 Å². The minimum absolute atomic E-state index is 0.886. The average Bonchev–Trinajstić information content (AvgIpc) is 2.17. The van der Waals surface area contributed by atoms with Crippen LogP contribution in [0, 0.1) is 17.8 Å². The van der Waals surface area contributed by atoms with E-state index in [9.17, 15) is 0 Å². The zero-order valence-electron chi connectivity index (χ0n) is 12.4. The normalized spacial score (nSPS) is 15.4. The van der Waals surface area contributed by atoms with Crippen LogP contribution >= 0.6 is 0 Å². The van der Waals surface area contributed by atoms with E-state index in [0.717, 1.165) is 17.8 Å². The summed E-state index contributed by atoms with van der Waals surface area (Å²) in [5.41, 5.74) is 0. The standard InChI is InChI=1S/C16H34/c1-6-9-15(4)12-8-13-16(5)11-7-10-14(2)3/h14-16H,6-13H2,1-5H3/t15-,16+/m0/s1. The van der Waals surface area contributed by atoms with Gasteiger partial charge in [-0.3, -0.25) is 0 Å². The zero-order valence-corrected chi connectivity index (χ0v) is 12.4. The molecule has 0 radical (unpaired) electrons. The molecule has 0 N–H and O–H groups in total. The van der Waals surface area contributed by atoms with Gasteiger partial charge in [0.05, 0.1) is 0 Å². The molecule has 0 aromatic carbocycles. The number of rotatable bonds is 10. The first kappa shape index (κ1) is 16.0. The fourth-order valence-corrected chi connectivity index (χ4v) is 2.47. The van der Waals surface area contributed by atoms with Crippen molar-refractivity contribution < 1.29 is 0 Å². The summed E-state index contributed by atoms with van der Waals surface area (Å²) in [4.78, 5) is 0. The van der Waals surface area contributed by atoms with Crippen molar-refractivity contribution in [2.45, 2.75) is 86.0 Å². The van der Waals surface area contributed by atoms with Gasteiger partial charge in [-0.05, 0) is 17.8 Å². The summed E-state index contributed by atoms with van der Waals surface area (Å²) in [6.45, 7) is 11.8. The first-order valence-corrected chi connectivity index (χ1v) is 7.56. The van der Waals surface area contributed by atoms with Gasteiger partial charge < -0.3 is 0 Å². The van der Waals surface area contributed by atoms with Crippen LogP contribution in [0.15, 0.2) is 0 Å². The van der Waals surface area contributed by atoms with E-state index in [-0.39, 0.29) is 0 Å². The minimum atomic E-state index is 0.886. The second-order valence-corrected chi connectivity index (χ2v) is 6.25. The van der Waals surface area contributed by atoms with E-state index >= 15 is 0 Å². The Bertz CT molecular complexity index is 137. The highest BCUT2D eigenvalue weighted by Gasteiger charge is 2.05. The minimum Gasteiger partial charge on any atom is -0.0654 e. The Balaban J connectivity index is 3.32. The van der Waals surface area contributed by atoms with Gasteiger partial charge >= 0.3 is 0 Å². The maximum atomic E-state index is 2.44. The van der Waals surface area contributed by atoms with Crippen molar-refractivity contribution in [3.05, 3.63) is 0 Å². The largest absolute Gasteiger partial charge is 0.0654 e. The summed E-state index contributed by atoms with van der Waals surface area (Å²) in [5.74, 6) is 2.79. The molecule has 0 aliphatic heterocycles. The zero-order chi connectivity index (χ0) is 12.4. The molecule has 0 saturated carbocycles. The molecule has 0 heteroatoms. The number of hydrogen-bond acceptors (Lipinski definition) is 0.